The highest BCUT2D eigenvalue weighted by atomic mass is 16.2. The van der Waals surface area contributed by atoms with Crippen LogP contribution in [0.3, 0.4) is 0 Å². The van der Waals surface area contributed by atoms with Crippen molar-refractivity contribution in [2.75, 3.05) is 24.3 Å². The van der Waals surface area contributed by atoms with Crippen molar-refractivity contribution in [1.29, 1.82) is 5.26 Å². The van der Waals surface area contributed by atoms with Crippen LogP contribution >= 0.6 is 0 Å². The molecule has 108 valence electrons. The minimum atomic E-state index is -0.114. The van der Waals surface area contributed by atoms with Crippen LogP contribution in [0.15, 0.2) is 42.5 Å². The van der Waals surface area contributed by atoms with Crippen LogP contribution in [0, 0.1) is 11.3 Å². The third-order valence-corrected chi connectivity index (χ3v) is 3.64. The molecule has 0 saturated heterocycles. The number of hydrogen-bond donors (Lipinski definition) is 1. The molecular weight excluding hydrogens is 274 g/mol. The monoisotopic (exact) mass is 289 g/mol. The summed E-state index contributed by atoms with van der Waals surface area (Å²) in [4.78, 5) is 14.0. The SMILES string of the molecule is CN(C)c1ccc(C=C2C(=O)Nc3ccccc32)cc1C#N. The van der Waals surface area contributed by atoms with Crippen molar-refractivity contribution in [1.82, 2.24) is 0 Å². The summed E-state index contributed by atoms with van der Waals surface area (Å²) in [6.07, 6.45) is 1.82. The van der Waals surface area contributed by atoms with Gasteiger partial charge in [-0.1, -0.05) is 24.3 Å². The minimum Gasteiger partial charge on any atom is -0.377 e. The van der Waals surface area contributed by atoms with Gasteiger partial charge in [-0.25, -0.2) is 0 Å². The summed E-state index contributed by atoms with van der Waals surface area (Å²) in [5, 5.41) is 12.1. The van der Waals surface area contributed by atoms with Gasteiger partial charge >= 0.3 is 0 Å². The Bertz CT molecular complexity index is 828. The summed E-state index contributed by atoms with van der Waals surface area (Å²) in [5.41, 5.74) is 4.62. The second kappa shape index (κ2) is 5.38. The van der Waals surface area contributed by atoms with E-state index in [1.165, 1.54) is 0 Å². The lowest BCUT2D eigenvalue weighted by atomic mass is 10.0. The van der Waals surface area contributed by atoms with Gasteiger partial charge in [0.25, 0.3) is 5.91 Å². The van der Waals surface area contributed by atoms with E-state index in [4.69, 9.17) is 0 Å². The maximum Gasteiger partial charge on any atom is 0.256 e. The van der Waals surface area contributed by atoms with Crippen LogP contribution in [0.1, 0.15) is 16.7 Å². The van der Waals surface area contributed by atoms with Crippen molar-refractivity contribution >= 4 is 28.9 Å². The van der Waals surface area contributed by atoms with Gasteiger partial charge in [-0.3, -0.25) is 4.79 Å². The van der Waals surface area contributed by atoms with Crippen LogP contribution in [0.25, 0.3) is 11.6 Å². The van der Waals surface area contributed by atoms with Gasteiger partial charge in [-0.15, -0.1) is 0 Å². The summed E-state index contributed by atoms with van der Waals surface area (Å²) >= 11 is 0. The first-order valence-electron chi connectivity index (χ1n) is 6.94. The number of carbonyl (C=O) groups excluding carboxylic acids is 1. The Kier molecular flexibility index (Phi) is 3.40. The predicted molar refractivity (Wildman–Crippen MR) is 88.4 cm³/mol. The molecule has 0 atom stereocenters. The van der Waals surface area contributed by atoms with Gasteiger partial charge in [0.1, 0.15) is 6.07 Å². The summed E-state index contributed by atoms with van der Waals surface area (Å²) in [7, 11) is 3.80. The van der Waals surface area contributed by atoms with Gasteiger partial charge < -0.3 is 10.2 Å². The van der Waals surface area contributed by atoms with E-state index in [0.717, 1.165) is 22.5 Å². The van der Waals surface area contributed by atoms with Gasteiger partial charge in [0, 0.05) is 30.9 Å². The summed E-state index contributed by atoms with van der Waals surface area (Å²) < 4.78 is 0. The zero-order valence-corrected chi connectivity index (χ0v) is 12.4. The van der Waals surface area contributed by atoms with Crippen LogP contribution < -0.4 is 10.2 Å². The molecular formula is C18H15N3O. The second-order valence-electron chi connectivity index (χ2n) is 5.34. The highest BCUT2D eigenvalue weighted by Gasteiger charge is 2.23. The smallest absolute Gasteiger partial charge is 0.256 e. The maximum atomic E-state index is 12.1. The highest BCUT2D eigenvalue weighted by Crippen LogP contribution is 2.33. The molecule has 3 rings (SSSR count). The van der Waals surface area contributed by atoms with E-state index in [2.05, 4.69) is 11.4 Å². The molecule has 0 aliphatic carbocycles. The molecule has 1 N–H and O–H groups in total. The third-order valence-electron chi connectivity index (χ3n) is 3.64. The van der Waals surface area contributed by atoms with E-state index in [-0.39, 0.29) is 5.91 Å². The molecule has 4 nitrogen and oxygen atoms in total. The number of amides is 1. The van der Waals surface area contributed by atoms with Gasteiger partial charge in [-0.05, 0) is 29.8 Å². The van der Waals surface area contributed by atoms with Crippen LogP contribution in [-0.2, 0) is 4.79 Å². The van der Waals surface area contributed by atoms with Gasteiger partial charge in [0.15, 0.2) is 0 Å². The zero-order valence-electron chi connectivity index (χ0n) is 12.4. The molecule has 0 saturated carbocycles. The Morgan fingerprint density at radius 2 is 1.95 bits per heavy atom. The van der Waals surface area contributed by atoms with E-state index >= 15 is 0 Å². The predicted octanol–water partition coefficient (Wildman–Crippen LogP) is 3.12. The molecule has 0 fully saturated rings. The fourth-order valence-corrected chi connectivity index (χ4v) is 2.57. The molecule has 1 aliphatic rings. The molecule has 0 spiro atoms. The van der Waals surface area contributed by atoms with E-state index in [1.54, 1.807) is 6.07 Å². The average molecular weight is 289 g/mol. The molecule has 1 amide bonds. The van der Waals surface area contributed by atoms with Gasteiger partial charge in [-0.2, -0.15) is 5.26 Å². The molecule has 0 radical (unpaired) electrons. The summed E-state index contributed by atoms with van der Waals surface area (Å²) in [6, 6.07) is 15.4. The molecule has 0 aromatic heterocycles. The molecule has 0 unspecified atom stereocenters. The molecule has 1 heterocycles. The number of rotatable bonds is 2. The Balaban J connectivity index is 2.07. The van der Waals surface area contributed by atoms with E-state index < -0.39 is 0 Å². The minimum absolute atomic E-state index is 0.114. The summed E-state index contributed by atoms with van der Waals surface area (Å²) in [6.45, 7) is 0. The second-order valence-corrected chi connectivity index (χ2v) is 5.34. The Morgan fingerprint density at radius 1 is 1.18 bits per heavy atom. The van der Waals surface area contributed by atoms with Gasteiger partial charge in [0.05, 0.1) is 11.3 Å². The van der Waals surface area contributed by atoms with Gasteiger partial charge in [0.2, 0.25) is 0 Å². The number of para-hydroxylation sites is 1. The lowest BCUT2D eigenvalue weighted by Crippen LogP contribution is -2.10. The van der Waals surface area contributed by atoms with E-state index in [0.29, 0.717) is 11.1 Å². The number of carbonyl (C=O) groups is 1. The molecule has 0 bridgehead atoms. The van der Waals surface area contributed by atoms with E-state index in [1.807, 2.05) is 61.5 Å². The molecule has 1 aliphatic heterocycles. The fourth-order valence-electron chi connectivity index (χ4n) is 2.57. The summed E-state index contributed by atoms with van der Waals surface area (Å²) in [5.74, 6) is -0.114. The number of benzene rings is 2. The first kappa shape index (κ1) is 13.9. The van der Waals surface area contributed by atoms with Crippen molar-refractivity contribution < 1.29 is 4.79 Å². The van der Waals surface area contributed by atoms with Crippen LogP contribution in [0.4, 0.5) is 11.4 Å². The number of nitriles is 1. The van der Waals surface area contributed by atoms with Crippen molar-refractivity contribution in [3.05, 3.63) is 59.2 Å². The lowest BCUT2D eigenvalue weighted by Gasteiger charge is -2.14. The van der Waals surface area contributed by atoms with Crippen molar-refractivity contribution in [3.63, 3.8) is 0 Å². The van der Waals surface area contributed by atoms with Crippen LogP contribution in [-0.4, -0.2) is 20.0 Å². The van der Waals surface area contributed by atoms with Crippen molar-refractivity contribution in [3.8, 4) is 6.07 Å². The standard InChI is InChI=1S/C18H15N3O/c1-21(2)17-8-7-12(9-13(17)11-19)10-15-14-5-3-4-6-16(14)20-18(15)22/h3-10H,1-2H3,(H,20,22). The van der Waals surface area contributed by atoms with Crippen molar-refractivity contribution in [2.45, 2.75) is 0 Å². The highest BCUT2D eigenvalue weighted by molar-refractivity contribution is 6.34. The first-order valence-corrected chi connectivity index (χ1v) is 6.94. The fraction of sp³-hybridized carbons (Fsp3) is 0.111. The maximum absolute atomic E-state index is 12.1. The molecule has 22 heavy (non-hydrogen) atoms. The molecule has 2 aromatic carbocycles. The largest absolute Gasteiger partial charge is 0.377 e. The Morgan fingerprint density at radius 3 is 2.68 bits per heavy atom. The number of nitrogens with one attached hydrogen (secondary N) is 1. The number of anilines is 2. The molecule has 4 heteroatoms. The van der Waals surface area contributed by atoms with Crippen LogP contribution in [0.5, 0.6) is 0 Å². The van der Waals surface area contributed by atoms with Crippen LogP contribution in [0.2, 0.25) is 0 Å². The number of nitrogens with zero attached hydrogens (tertiary/aromatic N) is 2. The Labute approximate surface area is 129 Å². The molecule has 2 aromatic rings. The first-order chi connectivity index (χ1) is 10.6. The average Bonchev–Trinajstić information content (AvgIpc) is 2.83. The normalized spacial score (nSPS) is 14.4. The third kappa shape index (κ3) is 2.33. The lowest BCUT2D eigenvalue weighted by molar-refractivity contribution is -0.110. The zero-order chi connectivity index (χ0) is 15.7. The quantitative estimate of drug-likeness (QED) is 0.864. The van der Waals surface area contributed by atoms with E-state index in [9.17, 15) is 10.1 Å². The number of hydrogen-bond acceptors (Lipinski definition) is 3. The van der Waals surface area contributed by atoms with Crippen molar-refractivity contribution in [2.24, 2.45) is 0 Å². The number of fused-ring (bicyclic) bond motifs is 1. The topological polar surface area (TPSA) is 56.1 Å². The Hall–Kier alpha value is -3.06.